The quantitative estimate of drug-likeness (QED) is 0.592. The molecule has 1 amide bonds. The lowest BCUT2D eigenvalue weighted by Crippen LogP contribution is -2.41. The van der Waals surface area contributed by atoms with Gasteiger partial charge in [-0.05, 0) is 12.1 Å². The molecule has 0 radical (unpaired) electrons. The third kappa shape index (κ3) is 6.03. The van der Waals surface area contributed by atoms with Crippen LogP contribution in [0, 0.1) is 0 Å². The van der Waals surface area contributed by atoms with Gasteiger partial charge in [0.25, 0.3) is 0 Å². The molecule has 0 fully saturated rings. The van der Waals surface area contributed by atoms with Crippen LogP contribution in [0.25, 0.3) is 10.2 Å². The lowest BCUT2D eigenvalue weighted by atomic mass is 9.98. The van der Waals surface area contributed by atoms with Gasteiger partial charge in [-0.1, -0.05) is 56.4 Å². The molecule has 6 nitrogen and oxygen atoms in total. The zero-order valence-corrected chi connectivity index (χ0v) is 18.5. The van der Waals surface area contributed by atoms with Crippen molar-refractivity contribution in [2.75, 3.05) is 11.1 Å². The number of halogens is 1. The van der Waals surface area contributed by atoms with E-state index in [4.69, 9.17) is 28.9 Å². The minimum atomic E-state index is -1.11. The van der Waals surface area contributed by atoms with Crippen LogP contribution in [0.3, 0.4) is 0 Å². The Balaban J connectivity index is 2.10. The molecule has 2 rings (SSSR count). The van der Waals surface area contributed by atoms with Crippen molar-refractivity contribution in [1.82, 2.24) is 10.3 Å². The first-order valence-electron chi connectivity index (χ1n) is 8.01. The summed E-state index contributed by atoms with van der Waals surface area (Å²) in [6, 6.07) is 2.66. The van der Waals surface area contributed by atoms with Gasteiger partial charge in [-0.3, -0.25) is 4.79 Å². The molecule has 0 saturated heterocycles. The molecule has 10 heteroatoms. The van der Waals surface area contributed by atoms with Crippen LogP contribution in [0.4, 0.5) is 5.69 Å². The summed E-state index contributed by atoms with van der Waals surface area (Å²) >= 11 is 14.3. The van der Waals surface area contributed by atoms with Gasteiger partial charge >= 0.3 is 5.97 Å². The summed E-state index contributed by atoms with van der Waals surface area (Å²) in [5.41, 5.74) is 1.41. The van der Waals surface area contributed by atoms with Crippen molar-refractivity contribution in [3.8, 4) is 0 Å². The van der Waals surface area contributed by atoms with Gasteiger partial charge in [0.15, 0.2) is 0 Å². The second-order valence-corrected chi connectivity index (χ2v) is 10.0. The Bertz CT molecular complexity index is 893. The standard InChI is InChI=1S/C17H20ClN3O3S3/c1-8(22)19-12(14(23)24)7-26-16(25)21-10-6-13-11(5-9(10)18)20-15(27-13)17(2,3)4/h5-6,12H,7H2,1-4H3,(H,19,22)(H,21,25)(H,23,24)/t12-/m0/s1. The van der Waals surface area contributed by atoms with Crippen molar-refractivity contribution >= 4 is 79.0 Å². The molecule has 0 spiro atoms. The largest absolute Gasteiger partial charge is 0.480 e. The summed E-state index contributed by atoms with van der Waals surface area (Å²) in [6.07, 6.45) is 0. The summed E-state index contributed by atoms with van der Waals surface area (Å²) < 4.78 is 1.36. The number of nitrogens with one attached hydrogen (secondary N) is 2. The smallest absolute Gasteiger partial charge is 0.327 e. The average molecular weight is 446 g/mol. The highest BCUT2D eigenvalue weighted by molar-refractivity contribution is 8.23. The normalized spacial score (nSPS) is 12.6. The number of aliphatic carboxylic acids is 1. The summed E-state index contributed by atoms with van der Waals surface area (Å²) in [7, 11) is 0. The Hall–Kier alpha value is -1.42. The predicted molar refractivity (Wildman–Crippen MR) is 117 cm³/mol. The number of aromatic nitrogens is 1. The first-order chi connectivity index (χ1) is 12.5. The number of carboxylic acid groups (broad SMARTS) is 1. The predicted octanol–water partition coefficient (Wildman–Crippen LogP) is 4.27. The second kappa shape index (κ2) is 8.72. The molecule has 0 saturated carbocycles. The Labute approximate surface area is 176 Å². The molecule has 0 aliphatic carbocycles. The van der Waals surface area contributed by atoms with Gasteiger partial charge in [0.1, 0.15) is 10.4 Å². The molecule has 2 aromatic rings. The highest BCUT2D eigenvalue weighted by Gasteiger charge is 2.21. The molecular weight excluding hydrogens is 426 g/mol. The fourth-order valence-corrected chi connectivity index (χ4v) is 4.38. The number of fused-ring (bicyclic) bond motifs is 1. The van der Waals surface area contributed by atoms with Crippen molar-refractivity contribution in [3.05, 3.63) is 22.2 Å². The lowest BCUT2D eigenvalue weighted by Gasteiger charge is -2.14. The average Bonchev–Trinajstić information content (AvgIpc) is 2.94. The van der Waals surface area contributed by atoms with Gasteiger partial charge in [0.2, 0.25) is 5.91 Å². The van der Waals surface area contributed by atoms with E-state index in [2.05, 4.69) is 36.4 Å². The van der Waals surface area contributed by atoms with Crippen LogP contribution in [-0.2, 0) is 15.0 Å². The van der Waals surface area contributed by atoms with Gasteiger partial charge in [-0.25, -0.2) is 9.78 Å². The fraction of sp³-hybridized carbons (Fsp3) is 0.412. The fourth-order valence-electron chi connectivity index (χ4n) is 2.09. The van der Waals surface area contributed by atoms with Gasteiger partial charge in [-0.15, -0.1) is 11.3 Å². The van der Waals surface area contributed by atoms with Gasteiger partial charge < -0.3 is 15.7 Å². The van der Waals surface area contributed by atoms with Crippen molar-refractivity contribution in [3.63, 3.8) is 0 Å². The molecule has 0 aliphatic heterocycles. The minimum Gasteiger partial charge on any atom is -0.480 e. The maximum absolute atomic E-state index is 11.2. The molecule has 3 N–H and O–H groups in total. The van der Waals surface area contributed by atoms with E-state index in [1.165, 1.54) is 6.92 Å². The molecule has 1 atom stereocenters. The highest BCUT2D eigenvalue weighted by Crippen LogP contribution is 2.36. The number of anilines is 1. The van der Waals surface area contributed by atoms with Gasteiger partial charge in [-0.2, -0.15) is 0 Å². The Morgan fingerprint density at radius 2 is 2.07 bits per heavy atom. The van der Waals surface area contributed by atoms with Crippen LogP contribution in [0.15, 0.2) is 12.1 Å². The number of carbonyl (C=O) groups excluding carboxylic acids is 1. The number of benzene rings is 1. The number of hydrogen-bond donors (Lipinski definition) is 3. The number of thiocarbonyl (C=S) groups is 1. The van der Waals surface area contributed by atoms with Crippen molar-refractivity contribution < 1.29 is 14.7 Å². The van der Waals surface area contributed by atoms with Crippen molar-refractivity contribution in [2.24, 2.45) is 0 Å². The number of carboxylic acids is 1. The molecular formula is C17H20ClN3O3S3. The number of rotatable bonds is 5. The Kier molecular flexibility index (Phi) is 7.07. The lowest BCUT2D eigenvalue weighted by molar-refractivity contribution is -0.140. The van der Waals surface area contributed by atoms with E-state index in [9.17, 15) is 9.59 Å². The van der Waals surface area contributed by atoms with E-state index in [0.717, 1.165) is 27.0 Å². The van der Waals surface area contributed by atoms with Gasteiger partial charge in [0.05, 0.1) is 25.9 Å². The maximum Gasteiger partial charge on any atom is 0.327 e. The third-order valence-corrected chi connectivity index (χ3v) is 6.49. The SMILES string of the molecule is CC(=O)N[C@@H](CSC(=S)Nc1cc2sc(C(C)(C)C)nc2cc1Cl)C(=O)O. The van der Waals surface area contributed by atoms with Gasteiger partial charge in [0, 0.05) is 18.1 Å². The third-order valence-electron chi connectivity index (χ3n) is 3.41. The second-order valence-electron chi connectivity index (χ2n) is 6.88. The number of hydrogen-bond acceptors (Lipinski definition) is 6. The summed E-state index contributed by atoms with van der Waals surface area (Å²) in [6.45, 7) is 7.58. The van der Waals surface area contributed by atoms with Crippen LogP contribution in [-0.4, -0.2) is 38.1 Å². The highest BCUT2D eigenvalue weighted by atomic mass is 35.5. The molecule has 1 heterocycles. The molecule has 1 aromatic heterocycles. The van der Waals surface area contributed by atoms with Crippen LogP contribution in [0.1, 0.15) is 32.7 Å². The first-order valence-corrected chi connectivity index (χ1v) is 10.6. The van der Waals surface area contributed by atoms with E-state index < -0.39 is 17.9 Å². The number of thioether (sulfide) groups is 1. The molecule has 27 heavy (non-hydrogen) atoms. The topological polar surface area (TPSA) is 91.3 Å². The summed E-state index contributed by atoms with van der Waals surface area (Å²) in [5, 5.41) is 16.0. The maximum atomic E-state index is 11.2. The van der Waals surface area contributed by atoms with E-state index >= 15 is 0 Å². The minimum absolute atomic E-state index is 0.0511. The zero-order valence-electron chi connectivity index (χ0n) is 15.3. The van der Waals surface area contributed by atoms with Crippen LogP contribution in [0.2, 0.25) is 5.02 Å². The Morgan fingerprint density at radius 1 is 1.41 bits per heavy atom. The number of nitrogens with zero attached hydrogens (tertiary/aromatic N) is 1. The number of thiazole rings is 1. The van der Waals surface area contributed by atoms with E-state index in [-0.39, 0.29) is 11.2 Å². The first kappa shape index (κ1) is 21.9. The zero-order chi connectivity index (χ0) is 20.4. The number of carbonyl (C=O) groups is 2. The molecule has 0 bridgehead atoms. The number of amides is 1. The molecule has 146 valence electrons. The molecule has 1 aromatic carbocycles. The van der Waals surface area contributed by atoms with E-state index in [1.54, 1.807) is 17.4 Å². The van der Waals surface area contributed by atoms with Crippen molar-refractivity contribution in [1.29, 1.82) is 0 Å². The van der Waals surface area contributed by atoms with E-state index in [0.29, 0.717) is 15.0 Å². The van der Waals surface area contributed by atoms with Crippen LogP contribution < -0.4 is 10.6 Å². The molecule has 0 unspecified atom stereocenters. The van der Waals surface area contributed by atoms with Crippen molar-refractivity contribution in [2.45, 2.75) is 39.2 Å². The molecule has 0 aliphatic rings. The van der Waals surface area contributed by atoms with Crippen LogP contribution in [0.5, 0.6) is 0 Å². The monoisotopic (exact) mass is 445 g/mol. The Morgan fingerprint density at radius 3 is 2.63 bits per heavy atom. The van der Waals surface area contributed by atoms with E-state index in [1.807, 2.05) is 6.07 Å². The summed E-state index contributed by atoms with van der Waals surface area (Å²) in [5.74, 6) is -1.41. The summed E-state index contributed by atoms with van der Waals surface area (Å²) in [4.78, 5) is 26.9. The van der Waals surface area contributed by atoms with Crippen LogP contribution >= 0.6 is 46.9 Å².